The molecule has 60 valence electrons. The summed E-state index contributed by atoms with van der Waals surface area (Å²) in [6.07, 6.45) is 5.32. The number of nitrogens with zero attached hydrogens (tertiary/aromatic N) is 3. The molecule has 1 aromatic rings. The zero-order valence-corrected chi connectivity index (χ0v) is 6.97. The quantitative estimate of drug-likeness (QED) is 0.725. The summed E-state index contributed by atoms with van der Waals surface area (Å²) < 4.78 is 0. The van der Waals surface area contributed by atoms with E-state index < -0.39 is 0 Å². The first kappa shape index (κ1) is 7.09. The van der Waals surface area contributed by atoms with Crippen LogP contribution in [0.5, 0.6) is 0 Å². The fourth-order valence-electron chi connectivity index (χ4n) is 1.36. The lowest BCUT2D eigenvalue weighted by atomic mass is 10.4. The Morgan fingerprint density at radius 3 is 2.82 bits per heavy atom. The van der Waals surface area contributed by atoms with Crippen LogP contribution in [0.2, 0.25) is 0 Å². The highest BCUT2D eigenvalue weighted by atomic mass is 32.2. The standard InChI is InChI=1S/C6H10N4S/c1-2-4-5(3-1)11-6-7-9-10-8-6/h5H,1-4H2,(H,7,8,9,10). The van der Waals surface area contributed by atoms with Crippen molar-refractivity contribution >= 4 is 11.8 Å². The van der Waals surface area contributed by atoms with Crippen molar-refractivity contribution in [3.05, 3.63) is 0 Å². The molecular weight excluding hydrogens is 160 g/mol. The summed E-state index contributed by atoms with van der Waals surface area (Å²) in [5, 5.41) is 15.3. The number of hydrogen-bond donors (Lipinski definition) is 1. The molecule has 0 spiro atoms. The second-order valence-electron chi connectivity index (χ2n) is 2.72. The summed E-state index contributed by atoms with van der Waals surface area (Å²) >= 11 is 1.74. The summed E-state index contributed by atoms with van der Waals surface area (Å²) in [6.45, 7) is 0. The van der Waals surface area contributed by atoms with Gasteiger partial charge in [0, 0.05) is 5.25 Å². The summed E-state index contributed by atoms with van der Waals surface area (Å²) in [5.41, 5.74) is 0. The maximum atomic E-state index is 3.90. The number of thioether (sulfide) groups is 1. The van der Waals surface area contributed by atoms with Crippen molar-refractivity contribution < 1.29 is 0 Å². The Hall–Kier alpha value is -0.580. The van der Waals surface area contributed by atoms with Crippen molar-refractivity contribution in [2.24, 2.45) is 0 Å². The van der Waals surface area contributed by atoms with Gasteiger partial charge in [-0.3, -0.25) is 0 Å². The second kappa shape index (κ2) is 3.21. The van der Waals surface area contributed by atoms with Gasteiger partial charge in [-0.2, -0.15) is 5.21 Å². The van der Waals surface area contributed by atoms with E-state index in [0.717, 1.165) is 10.4 Å². The Morgan fingerprint density at radius 1 is 1.36 bits per heavy atom. The minimum Gasteiger partial charge on any atom is -0.176 e. The third kappa shape index (κ3) is 1.71. The highest BCUT2D eigenvalue weighted by Gasteiger charge is 2.17. The van der Waals surface area contributed by atoms with Crippen molar-refractivity contribution in [1.82, 2.24) is 20.6 Å². The van der Waals surface area contributed by atoms with Crippen molar-refractivity contribution in [2.75, 3.05) is 0 Å². The maximum absolute atomic E-state index is 3.90. The van der Waals surface area contributed by atoms with Crippen LogP contribution in [0.15, 0.2) is 5.16 Å². The van der Waals surface area contributed by atoms with Gasteiger partial charge in [0.05, 0.1) is 0 Å². The van der Waals surface area contributed by atoms with Crippen LogP contribution >= 0.6 is 11.8 Å². The molecule has 0 bridgehead atoms. The van der Waals surface area contributed by atoms with Gasteiger partial charge >= 0.3 is 0 Å². The zero-order valence-electron chi connectivity index (χ0n) is 6.16. The topological polar surface area (TPSA) is 54.5 Å². The van der Waals surface area contributed by atoms with Gasteiger partial charge in [0.25, 0.3) is 0 Å². The lowest BCUT2D eigenvalue weighted by Crippen LogP contribution is -1.93. The molecule has 0 atom stereocenters. The zero-order chi connectivity index (χ0) is 7.52. The SMILES string of the molecule is C1CCC(Sc2nn[nH]n2)C1. The number of aromatic nitrogens is 4. The Balaban J connectivity index is 1.90. The second-order valence-corrected chi connectivity index (χ2v) is 3.99. The smallest absolute Gasteiger partial charge is 0.176 e. The van der Waals surface area contributed by atoms with Crippen LogP contribution < -0.4 is 0 Å². The van der Waals surface area contributed by atoms with Crippen molar-refractivity contribution in [3.63, 3.8) is 0 Å². The van der Waals surface area contributed by atoms with Crippen LogP contribution in [0.1, 0.15) is 25.7 Å². The molecule has 1 aromatic heterocycles. The molecule has 1 aliphatic carbocycles. The fourth-order valence-corrected chi connectivity index (χ4v) is 2.41. The molecule has 2 rings (SSSR count). The molecule has 0 aromatic carbocycles. The van der Waals surface area contributed by atoms with Gasteiger partial charge in [0.1, 0.15) is 0 Å². The van der Waals surface area contributed by atoms with Crippen LogP contribution in [0.25, 0.3) is 0 Å². The maximum Gasteiger partial charge on any atom is 0.231 e. The molecule has 0 aliphatic heterocycles. The van der Waals surface area contributed by atoms with E-state index in [2.05, 4.69) is 20.6 Å². The number of rotatable bonds is 2. The van der Waals surface area contributed by atoms with Gasteiger partial charge in [0.15, 0.2) is 0 Å². The van der Waals surface area contributed by atoms with E-state index in [1.54, 1.807) is 11.8 Å². The minimum atomic E-state index is 0.729. The molecule has 0 radical (unpaired) electrons. The lowest BCUT2D eigenvalue weighted by molar-refractivity contribution is 0.881. The highest BCUT2D eigenvalue weighted by Crippen LogP contribution is 2.32. The van der Waals surface area contributed by atoms with Gasteiger partial charge in [-0.05, 0) is 18.1 Å². The molecule has 1 aliphatic rings. The summed E-state index contributed by atoms with van der Waals surface area (Å²) in [5.74, 6) is 0. The van der Waals surface area contributed by atoms with E-state index >= 15 is 0 Å². The molecule has 1 heterocycles. The van der Waals surface area contributed by atoms with Gasteiger partial charge in [-0.1, -0.05) is 24.6 Å². The van der Waals surface area contributed by atoms with E-state index in [1.807, 2.05) is 0 Å². The Labute approximate surface area is 69.1 Å². The van der Waals surface area contributed by atoms with Crippen LogP contribution in [0.3, 0.4) is 0 Å². The molecule has 0 amide bonds. The van der Waals surface area contributed by atoms with Gasteiger partial charge in [-0.15, -0.1) is 10.2 Å². The third-order valence-electron chi connectivity index (χ3n) is 1.90. The molecule has 1 N–H and O–H groups in total. The normalized spacial score (nSPS) is 19.3. The first-order chi connectivity index (χ1) is 5.45. The van der Waals surface area contributed by atoms with Crippen molar-refractivity contribution in [2.45, 2.75) is 36.1 Å². The Morgan fingerprint density at radius 2 is 2.18 bits per heavy atom. The molecule has 11 heavy (non-hydrogen) atoms. The van der Waals surface area contributed by atoms with E-state index in [1.165, 1.54) is 25.7 Å². The van der Waals surface area contributed by atoms with Crippen molar-refractivity contribution in [1.29, 1.82) is 0 Å². The molecule has 1 fully saturated rings. The molecular formula is C6H10N4S. The number of hydrogen-bond acceptors (Lipinski definition) is 4. The van der Waals surface area contributed by atoms with Crippen molar-refractivity contribution in [3.8, 4) is 0 Å². The van der Waals surface area contributed by atoms with Crippen LogP contribution in [0, 0.1) is 0 Å². The number of nitrogens with one attached hydrogen (secondary N) is 1. The van der Waals surface area contributed by atoms with E-state index in [4.69, 9.17) is 0 Å². The van der Waals surface area contributed by atoms with E-state index in [0.29, 0.717) is 0 Å². The summed E-state index contributed by atoms with van der Waals surface area (Å²) in [4.78, 5) is 0. The molecule has 0 unspecified atom stereocenters. The Bertz CT molecular complexity index is 204. The van der Waals surface area contributed by atoms with Crippen LogP contribution in [-0.2, 0) is 0 Å². The minimum absolute atomic E-state index is 0.729. The molecule has 0 saturated heterocycles. The first-order valence-electron chi connectivity index (χ1n) is 3.85. The third-order valence-corrected chi connectivity index (χ3v) is 3.09. The first-order valence-corrected chi connectivity index (χ1v) is 4.73. The predicted molar refractivity (Wildman–Crippen MR) is 42.3 cm³/mol. The van der Waals surface area contributed by atoms with Gasteiger partial charge < -0.3 is 0 Å². The van der Waals surface area contributed by atoms with E-state index in [9.17, 15) is 0 Å². The summed E-state index contributed by atoms with van der Waals surface area (Å²) in [7, 11) is 0. The monoisotopic (exact) mass is 170 g/mol. The largest absolute Gasteiger partial charge is 0.231 e. The average Bonchev–Trinajstić information content (AvgIpc) is 2.60. The predicted octanol–water partition coefficient (Wildman–Crippen LogP) is 1.23. The number of H-pyrrole nitrogens is 1. The fraction of sp³-hybridized carbons (Fsp3) is 0.833. The molecule has 4 nitrogen and oxygen atoms in total. The molecule has 1 saturated carbocycles. The van der Waals surface area contributed by atoms with Crippen LogP contribution in [-0.4, -0.2) is 25.9 Å². The van der Waals surface area contributed by atoms with Crippen LogP contribution in [0.4, 0.5) is 0 Å². The highest BCUT2D eigenvalue weighted by molar-refractivity contribution is 7.99. The van der Waals surface area contributed by atoms with E-state index in [-0.39, 0.29) is 0 Å². The summed E-state index contributed by atoms with van der Waals surface area (Å²) in [6, 6.07) is 0. The Kier molecular flexibility index (Phi) is 2.07. The van der Waals surface area contributed by atoms with Gasteiger partial charge in [0.2, 0.25) is 5.16 Å². The average molecular weight is 170 g/mol. The lowest BCUT2D eigenvalue weighted by Gasteiger charge is -2.01. The number of aromatic amines is 1. The molecule has 5 heteroatoms. The number of tetrazole rings is 1. The van der Waals surface area contributed by atoms with Gasteiger partial charge in [-0.25, -0.2) is 0 Å².